The van der Waals surface area contributed by atoms with Crippen LogP contribution in [0, 0.1) is 0 Å². The van der Waals surface area contributed by atoms with Crippen LogP contribution in [0.25, 0.3) is 20.5 Å². The summed E-state index contributed by atoms with van der Waals surface area (Å²) in [5.74, 6) is 0.334. The number of anilines is 1. The Balaban J connectivity index is 1.79. The minimum Gasteiger partial charge on any atom is -0.369 e. The van der Waals surface area contributed by atoms with Crippen molar-refractivity contribution in [3.05, 3.63) is 41.0 Å². The maximum atomic E-state index is 11.4. The van der Waals surface area contributed by atoms with Gasteiger partial charge in [0.25, 0.3) is 0 Å². The molecule has 1 aliphatic heterocycles. The molecular weight excluding hydrogens is 370 g/mol. The molecule has 0 saturated carbocycles. The van der Waals surface area contributed by atoms with Gasteiger partial charge in [-0.2, -0.15) is 5.10 Å². The van der Waals surface area contributed by atoms with Crippen LogP contribution in [0.4, 0.5) is 5.82 Å². The van der Waals surface area contributed by atoms with Gasteiger partial charge < -0.3 is 16.4 Å². The topological polar surface area (TPSA) is 92.9 Å². The van der Waals surface area contributed by atoms with E-state index in [1.807, 2.05) is 24.3 Å². The predicted octanol–water partition coefficient (Wildman–Crippen LogP) is 2.81. The fourth-order valence-electron chi connectivity index (χ4n) is 3.11. The van der Waals surface area contributed by atoms with Gasteiger partial charge >= 0.3 is 0 Å². The molecule has 8 heteroatoms. The maximum Gasteiger partial charge on any atom is 0.223 e. The van der Waals surface area contributed by atoms with Gasteiger partial charge in [-0.3, -0.25) is 4.79 Å². The SMILES string of the molecule is NC(=O)Cc1nnc(NC2CCNC2)c2cc(-c3ccc(Cl)cc3)sc12. The Morgan fingerprint density at radius 2 is 2.15 bits per heavy atom. The maximum absolute atomic E-state index is 11.4. The van der Waals surface area contributed by atoms with Gasteiger partial charge in [-0.05, 0) is 36.7 Å². The first kappa shape index (κ1) is 17.2. The van der Waals surface area contributed by atoms with Gasteiger partial charge in [-0.1, -0.05) is 23.7 Å². The molecule has 4 N–H and O–H groups in total. The normalized spacial score (nSPS) is 16.9. The van der Waals surface area contributed by atoms with E-state index in [1.165, 1.54) is 0 Å². The van der Waals surface area contributed by atoms with Gasteiger partial charge in [0.15, 0.2) is 5.82 Å². The van der Waals surface area contributed by atoms with Gasteiger partial charge in [0.05, 0.1) is 16.8 Å². The number of halogens is 1. The number of nitrogens with zero attached hydrogens (tertiary/aromatic N) is 2. The minimum atomic E-state index is -0.414. The lowest BCUT2D eigenvalue weighted by molar-refractivity contribution is -0.117. The summed E-state index contributed by atoms with van der Waals surface area (Å²) in [6, 6.07) is 10.1. The number of carbonyl (C=O) groups excluding carboxylic acids is 1. The largest absolute Gasteiger partial charge is 0.369 e. The Bertz CT molecular complexity index is 950. The second-order valence-corrected chi connectivity index (χ2v) is 7.82. The summed E-state index contributed by atoms with van der Waals surface area (Å²) in [5, 5.41) is 17.1. The fourth-order valence-corrected chi connectivity index (χ4v) is 4.38. The lowest BCUT2D eigenvalue weighted by Crippen LogP contribution is -2.23. The van der Waals surface area contributed by atoms with Crippen LogP contribution in [0.5, 0.6) is 0 Å². The first-order chi connectivity index (χ1) is 12.6. The Kier molecular flexibility index (Phi) is 4.76. The molecule has 1 aliphatic rings. The fraction of sp³-hybridized carbons (Fsp3) is 0.278. The minimum absolute atomic E-state index is 0.0787. The van der Waals surface area contributed by atoms with E-state index in [0.29, 0.717) is 16.8 Å². The monoisotopic (exact) mass is 387 g/mol. The van der Waals surface area contributed by atoms with Crippen LogP contribution in [-0.2, 0) is 11.2 Å². The van der Waals surface area contributed by atoms with Crippen molar-refractivity contribution in [2.45, 2.75) is 18.9 Å². The van der Waals surface area contributed by atoms with Gasteiger partial charge in [-0.15, -0.1) is 16.4 Å². The number of nitrogens with one attached hydrogen (secondary N) is 2. The number of amides is 1. The number of benzene rings is 1. The van der Waals surface area contributed by atoms with Crippen LogP contribution in [0.1, 0.15) is 12.1 Å². The third-order valence-electron chi connectivity index (χ3n) is 4.39. The number of hydrogen-bond donors (Lipinski definition) is 3. The molecule has 2 aromatic heterocycles. The van der Waals surface area contributed by atoms with Gasteiger partial charge in [-0.25, -0.2) is 0 Å². The second-order valence-electron chi connectivity index (χ2n) is 6.33. The summed E-state index contributed by atoms with van der Waals surface area (Å²) in [4.78, 5) is 12.5. The smallest absolute Gasteiger partial charge is 0.223 e. The Morgan fingerprint density at radius 1 is 1.35 bits per heavy atom. The number of carbonyl (C=O) groups is 1. The van der Waals surface area contributed by atoms with Crippen molar-refractivity contribution < 1.29 is 4.79 Å². The average Bonchev–Trinajstić information content (AvgIpc) is 3.27. The summed E-state index contributed by atoms with van der Waals surface area (Å²) in [5.41, 5.74) is 7.06. The van der Waals surface area contributed by atoms with Gasteiger partial charge in [0, 0.05) is 27.9 Å². The summed E-state index contributed by atoms with van der Waals surface area (Å²) in [7, 11) is 0. The van der Waals surface area contributed by atoms with Crippen LogP contribution in [0.15, 0.2) is 30.3 Å². The molecule has 0 bridgehead atoms. The molecule has 3 heterocycles. The highest BCUT2D eigenvalue weighted by molar-refractivity contribution is 7.22. The van der Waals surface area contributed by atoms with Crippen molar-refractivity contribution in [1.29, 1.82) is 0 Å². The first-order valence-corrected chi connectivity index (χ1v) is 9.60. The molecule has 4 rings (SSSR count). The summed E-state index contributed by atoms with van der Waals surface area (Å²) < 4.78 is 0.942. The van der Waals surface area contributed by atoms with E-state index < -0.39 is 5.91 Å². The molecule has 0 spiro atoms. The Labute approximate surface area is 159 Å². The number of rotatable bonds is 5. The number of thiophene rings is 1. The van der Waals surface area contributed by atoms with E-state index in [-0.39, 0.29) is 6.42 Å². The third-order valence-corrected chi connectivity index (χ3v) is 5.88. The van der Waals surface area contributed by atoms with Crippen LogP contribution >= 0.6 is 22.9 Å². The molecule has 1 saturated heterocycles. The van der Waals surface area contributed by atoms with Crippen molar-refractivity contribution in [2.24, 2.45) is 5.73 Å². The van der Waals surface area contributed by atoms with Crippen LogP contribution in [0.3, 0.4) is 0 Å². The van der Waals surface area contributed by atoms with Crippen molar-refractivity contribution >= 4 is 44.7 Å². The quantitative estimate of drug-likeness (QED) is 0.626. The van der Waals surface area contributed by atoms with Crippen LogP contribution in [-0.4, -0.2) is 35.2 Å². The highest BCUT2D eigenvalue weighted by Gasteiger charge is 2.20. The van der Waals surface area contributed by atoms with E-state index >= 15 is 0 Å². The molecule has 1 atom stereocenters. The molecule has 26 heavy (non-hydrogen) atoms. The van der Waals surface area contributed by atoms with Crippen LogP contribution < -0.4 is 16.4 Å². The van der Waals surface area contributed by atoms with Crippen molar-refractivity contribution in [2.75, 3.05) is 18.4 Å². The summed E-state index contributed by atoms with van der Waals surface area (Å²) in [6.45, 7) is 1.90. The molecule has 1 aromatic carbocycles. The van der Waals surface area contributed by atoms with E-state index in [0.717, 1.165) is 45.9 Å². The van der Waals surface area contributed by atoms with Gasteiger partial charge in [0.2, 0.25) is 5.91 Å². The number of primary amides is 1. The summed E-state index contributed by atoms with van der Waals surface area (Å²) >= 11 is 7.58. The van der Waals surface area contributed by atoms with E-state index in [9.17, 15) is 4.79 Å². The molecule has 0 aliphatic carbocycles. The molecule has 1 fully saturated rings. The molecule has 3 aromatic rings. The number of nitrogens with two attached hydrogens (primary N) is 1. The van der Waals surface area contributed by atoms with Crippen LogP contribution in [0.2, 0.25) is 5.02 Å². The molecule has 6 nitrogen and oxygen atoms in total. The van der Waals surface area contributed by atoms with E-state index in [1.54, 1.807) is 11.3 Å². The first-order valence-electron chi connectivity index (χ1n) is 8.41. The van der Waals surface area contributed by atoms with Crippen molar-refractivity contribution in [3.63, 3.8) is 0 Å². The van der Waals surface area contributed by atoms with Gasteiger partial charge in [0.1, 0.15) is 0 Å². The third kappa shape index (κ3) is 3.51. The molecule has 1 amide bonds. The lowest BCUT2D eigenvalue weighted by atomic mass is 10.1. The van der Waals surface area contributed by atoms with E-state index in [2.05, 4.69) is 26.9 Å². The average molecular weight is 388 g/mol. The zero-order chi connectivity index (χ0) is 18.1. The zero-order valence-corrected chi connectivity index (χ0v) is 15.5. The lowest BCUT2D eigenvalue weighted by Gasteiger charge is -2.12. The summed E-state index contributed by atoms with van der Waals surface area (Å²) in [6.07, 6.45) is 1.12. The Hall–Kier alpha value is -2.22. The second kappa shape index (κ2) is 7.19. The molecule has 0 radical (unpaired) electrons. The van der Waals surface area contributed by atoms with Crippen molar-refractivity contribution in [1.82, 2.24) is 15.5 Å². The highest BCUT2D eigenvalue weighted by Crippen LogP contribution is 2.38. The molecule has 1 unspecified atom stereocenters. The zero-order valence-electron chi connectivity index (χ0n) is 14.0. The predicted molar refractivity (Wildman–Crippen MR) is 106 cm³/mol. The molecule has 134 valence electrons. The Morgan fingerprint density at radius 3 is 2.85 bits per heavy atom. The van der Waals surface area contributed by atoms with Crippen molar-refractivity contribution in [3.8, 4) is 10.4 Å². The highest BCUT2D eigenvalue weighted by atomic mass is 35.5. The number of fused-ring (bicyclic) bond motifs is 1. The number of hydrogen-bond acceptors (Lipinski definition) is 6. The van der Waals surface area contributed by atoms with E-state index in [4.69, 9.17) is 17.3 Å². The standard InChI is InChI=1S/C18H18ClN5OS/c19-11-3-1-10(2-4-11)15-7-13-17(26-15)14(8-16(20)25)23-24-18(13)22-12-5-6-21-9-12/h1-4,7,12,21H,5-6,8-9H2,(H2,20,25)(H,22,24). The number of aromatic nitrogens is 2. The molecular formula is C18H18ClN5OS.